The monoisotopic (exact) mass is 309 g/mol. The van der Waals surface area contributed by atoms with E-state index < -0.39 is 0 Å². The van der Waals surface area contributed by atoms with Crippen molar-refractivity contribution >= 4 is 23.0 Å². The van der Waals surface area contributed by atoms with Crippen LogP contribution in [0.4, 0.5) is 5.82 Å². The molecule has 0 saturated carbocycles. The fraction of sp³-hybridized carbons (Fsp3) is 0.643. The molecule has 2 rings (SSSR count). The van der Waals surface area contributed by atoms with E-state index in [-0.39, 0.29) is 11.1 Å². The Kier molecular flexibility index (Phi) is 4.63. The fourth-order valence-electron chi connectivity index (χ4n) is 2.48. The predicted octanol–water partition coefficient (Wildman–Crippen LogP) is 0.406. The third-order valence-electron chi connectivity index (χ3n) is 3.60. The van der Waals surface area contributed by atoms with Crippen LogP contribution in [0.5, 0.6) is 0 Å². The zero-order valence-electron chi connectivity index (χ0n) is 12.9. The molecule has 1 fully saturated rings. The minimum Gasteiger partial charge on any atom is -0.392 e. The molecular weight excluding hydrogens is 286 g/mol. The van der Waals surface area contributed by atoms with Gasteiger partial charge in [-0.05, 0) is 20.8 Å². The summed E-state index contributed by atoms with van der Waals surface area (Å²) in [5.41, 5.74) is 5.29. The second-order valence-corrected chi connectivity index (χ2v) is 6.85. The first kappa shape index (κ1) is 15.9. The first-order valence-corrected chi connectivity index (χ1v) is 7.53. The van der Waals surface area contributed by atoms with Crippen molar-refractivity contribution in [2.24, 2.45) is 5.73 Å². The summed E-state index contributed by atoms with van der Waals surface area (Å²) in [5, 5.41) is 0. The number of thiocarbonyl (C=S) groups is 1. The summed E-state index contributed by atoms with van der Waals surface area (Å²) in [6.45, 7) is 9.87. The molecule has 7 heteroatoms. The van der Waals surface area contributed by atoms with E-state index in [0.29, 0.717) is 17.4 Å². The highest BCUT2D eigenvalue weighted by Gasteiger charge is 2.23. The number of anilines is 1. The lowest BCUT2D eigenvalue weighted by molar-refractivity contribution is 0.290. The smallest absolute Gasteiger partial charge is 0.293 e. The highest BCUT2D eigenvalue weighted by atomic mass is 32.1. The standard InChI is InChI=1S/C14H23N5OS/c1-14(2,3)19-5-4-16-12(13(19)20)18-8-6-17(7-9-18)10-11(15)21/h4-5H,6-10H2,1-3H3,(H2,15,21). The molecule has 2 heterocycles. The molecule has 6 nitrogen and oxygen atoms in total. The van der Waals surface area contributed by atoms with Gasteiger partial charge in [-0.1, -0.05) is 12.2 Å². The van der Waals surface area contributed by atoms with Crippen LogP contribution in [0.15, 0.2) is 17.2 Å². The molecule has 1 aliphatic rings. The van der Waals surface area contributed by atoms with Gasteiger partial charge in [-0.15, -0.1) is 0 Å². The Hall–Kier alpha value is -1.47. The number of hydrogen-bond donors (Lipinski definition) is 1. The van der Waals surface area contributed by atoms with Crippen molar-refractivity contribution in [3.63, 3.8) is 0 Å². The summed E-state index contributed by atoms with van der Waals surface area (Å²) in [4.78, 5) is 21.6. The van der Waals surface area contributed by atoms with Crippen LogP contribution in [0, 0.1) is 0 Å². The fourth-order valence-corrected chi connectivity index (χ4v) is 2.67. The highest BCUT2D eigenvalue weighted by Crippen LogP contribution is 2.13. The SMILES string of the molecule is CC(C)(C)n1ccnc(N2CCN(CC(N)=S)CC2)c1=O. The van der Waals surface area contributed by atoms with Gasteiger partial charge in [0.05, 0.1) is 4.99 Å². The molecule has 0 atom stereocenters. The maximum atomic E-state index is 12.6. The molecule has 0 unspecified atom stereocenters. The molecule has 0 aromatic carbocycles. The maximum Gasteiger partial charge on any atom is 0.293 e. The Morgan fingerprint density at radius 2 is 1.95 bits per heavy atom. The van der Waals surface area contributed by atoms with Crippen molar-refractivity contribution < 1.29 is 0 Å². The summed E-state index contributed by atoms with van der Waals surface area (Å²) < 4.78 is 1.73. The van der Waals surface area contributed by atoms with Crippen LogP contribution in [-0.4, -0.2) is 52.2 Å². The second-order valence-electron chi connectivity index (χ2n) is 6.33. The van der Waals surface area contributed by atoms with Crippen molar-refractivity contribution in [3.05, 3.63) is 22.7 Å². The number of nitrogens with zero attached hydrogens (tertiary/aromatic N) is 4. The van der Waals surface area contributed by atoms with E-state index in [1.807, 2.05) is 25.7 Å². The van der Waals surface area contributed by atoms with Crippen LogP contribution in [0.25, 0.3) is 0 Å². The molecule has 1 aromatic heterocycles. The van der Waals surface area contributed by atoms with Crippen molar-refractivity contribution in [1.29, 1.82) is 0 Å². The van der Waals surface area contributed by atoms with Crippen molar-refractivity contribution in [2.45, 2.75) is 26.3 Å². The molecule has 1 aliphatic heterocycles. The van der Waals surface area contributed by atoms with Gasteiger partial charge in [-0.3, -0.25) is 9.69 Å². The molecule has 21 heavy (non-hydrogen) atoms. The minimum absolute atomic E-state index is 0.0344. The maximum absolute atomic E-state index is 12.6. The van der Waals surface area contributed by atoms with Crippen molar-refractivity contribution in [1.82, 2.24) is 14.5 Å². The molecule has 0 spiro atoms. The molecule has 0 bridgehead atoms. The summed E-state index contributed by atoms with van der Waals surface area (Å²) in [5.74, 6) is 0.530. The number of rotatable bonds is 3. The molecule has 116 valence electrons. The molecular formula is C14H23N5OS. The average molecular weight is 309 g/mol. The van der Waals surface area contributed by atoms with Gasteiger partial charge >= 0.3 is 0 Å². The molecule has 0 amide bonds. The van der Waals surface area contributed by atoms with E-state index in [9.17, 15) is 4.79 Å². The lowest BCUT2D eigenvalue weighted by atomic mass is 10.1. The number of aromatic nitrogens is 2. The Morgan fingerprint density at radius 1 is 1.33 bits per heavy atom. The number of piperazine rings is 1. The van der Waals surface area contributed by atoms with E-state index in [1.165, 1.54) is 0 Å². The van der Waals surface area contributed by atoms with Gasteiger partial charge in [0.25, 0.3) is 5.56 Å². The van der Waals surface area contributed by atoms with Gasteiger partial charge in [0.2, 0.25) is 0 Å². The Bertz CT molecular complexity index is 569. The van der Waals surface area contributed by atoms with E-state index in [0.717, 1.165) is 26.2 Å². The van der Waals surface area contributed by atoms with Gasteiger partial charge in [0, 0.05) is 50.7 Å². The van der Waals surface area contributed by atoms with Crippen LogP contribution in [0.1, 0.15) is 20.8 Å². The highest BCUT2D eigenvalue weighted by molar-refractivity contribution is 7.80. The Labute approximate surface area is 130 Å². The average Bonchev–Trinajstić information content (AvgIpc) is 2.38. The quantitative estimate of drug-likeness (QED) is 0.816. The van der Waals surface area contributed by atoms with E-state index in [1.54, 1.807) is 17.0 Å². The largest absolute Gasteiger partial charge is 0.392 e. The molecule has 1 aromatic rings. The first-order valence-electron chi connectivity index (χ1n) is 7.13. The predicted molar refractivity (Wildman–Crippen MR) is 88.9 cm³/mol. The van der Waals surface area contributed by atoms with Crippen molar-refractivity contribution in [3.8, 4) is 0 Å². The van der Waals surface area contributed by atoms with Crippen LogP contribution in [-0.2, 0) is 5.54 Å². The van der Waals surface area contributed by atoms with Crippen LogP contribution in [0.2, 0.25) is 0 Å². The Morgan fingerprint density at radius 3 is 2.48 bits per heavy atom. The van der Waals surface area contributed by atoms with Gasteiger partial charge in [0.1, 0.15) is 0 Å². The summed E-state index contributed by atoms with van der Waals surface area (Å²) in [6.07, 6.45) is 3.44. The summed E-state index contributed by atoms with van der Waals surface area (Å²) >= 11 is 4.93. The number of hydrogen-bond acceptors (Lipinski definition) is 5. The van der Waals surface area contributed by atoms with Crippen LogP contribution >= 0.6 is 12.2 Å². The zero-order valence-corrected chi connectivity index (χ0v) is 13.7. The van der Waals surface area contributed by atoms with Gasteiger partial charge in [-0.2, -0.15) is 0 Å². The molecule has 0 radical (unpaired) electrons. The number of nitrogens with two attached hydrogens (primary N) is 1. The minimum atomic E-state index is -0.248. The lowest BCUT2D eigenvalue weighted by Gasteiger charge is -2.35. The van der Waals surface area contributed by atoms with Gasteiger partial charge in [-0.25, -0.2) is 4.98 Å². The van der Waals surface area contributed by atoms with E-state index in [4.69, 9.17) is 18.0 Å². The second kappa shape index (κ2) is 6.11. The Balaban J connectivity index is 2.14. The molecule has 2 N–H and O–H groups in total. The first-order chi connectivity index (χ1) is 9.79. The molecule has 1 saturated heterocycles. The molecule has 0 aliphatic carbocycles. The normalized spacial score (nSPS) is 17.0. The van der Waals surface area contributed by atoms with Crippen molar-refractivity contribution in [2.75, 3.05) is 37.6 Å². The van der Waals surface area contributed by atoms with Crippen LogP contribution < -0.4 is 16.2 Å². The zero-order chi connectivity index (χ0) is 15.6. The summed E-state index contributed by atoms with van der Waals surface area (Å²) in [6, 6.07) is 0. The summed E-state index contributed by atoms with van der Waals surface area (Å²) in [7, 11) is 0. The third kappa shape index (κ3) is 3.79. The van der Waals surface area contributed by atoms with E-state index in [2.05, 4.69) is 9.88 Å². The van der Waals surface area contributed by atoms with E-state index >= 15 is 0 Å². The third-order valence-corrected chi connectivity index (χ3v) is 3.73. The van der Waals surface area contributed by atoms with Crippen LogP contribution in [0.3, 0.4) is 0 Å². The van der Waals surface area contributed by atoms with Gasteiger partial charge in [0.15, 0.2) is 5.82 Å². The lowest BCUT2D eigenvalue weighted by Crippen LogP contribution is -2.50. The topological polar surface area (TPSA) is 67.4 Å². The van der Waals surface area contributed by atoms with Gasteiger partial charge < -0.3 is 15.2 Å².